The van der Waals surface area contributed by atoms with Crippen molar-refractivity contribution < 1.29 is 13.2 Å². The number of carbonyl (C=O) groups excluding carboxylic acids is 1. The summed E-state index contributed by atoms with van der Waals surface area (Å²) in [5.41, 5.74) is 0.361. The first-order valence-corrected chi connectivity index (χ1v) is 7.98. The highest BCUT2D eigenvalue weighted by molar-refractivity contribution is 9.10. The van der Waals surface area contributed by atoms with E-state index in [0.29, 0.717) is 15.9 Å². The maximum atomic E-state index is 11.9. The lowest BCUT2D eigenvalue weighted by Crippen LogP contribution is -2.29. The number of pyridine rings is 1. The summed E-state index contributed by atoms with van der Waals surface area (Å²) < 4.78 is 22.6. The van der Waals surface area contributed by atoms with Crippen LogP contribution in [-0.4, -0.2) is 44.9 Å². The van der Waals surface area contributed by atoms with Gasteiger partial charge in [0.25, 0.3) is 5.91 Å². The third-order valence-corrected chi connectivity index (χ3v) is 3.47. The molecule has 0 saturated heterocycles. The highest BCUT2D eigenvalue weighted by Crippen LogP contribution is 2.17. The number of hydrogen-bond acceptors (Lipinski definition) is 5. The van der Waals surface area contributed by atoms with Crippen molar-refractivity contribution in [2.45, 2.75) is 0 Å². The summed E-state index contributed by atoms with van der Waals surface area (Å²) in [6.07, 6.45) is 2.69. The molecule has 0 aliphatic rings. The van der Waals surface area contributed by atoms with Crippen molar-refractivity contribution in [3.05, 3.63) is 22.3 Å². The van der Waals surface area contributed by atoms with E-state index in [2.05, 4.69) is 31.5 Å². The summed E-state index contributed by atoms with van der Waals surface area (Å²) in [5, 5.41) is 5.34. The van der Waals surface area contributed by atoms with Gasteiger partial charge in [0, 0.05) is 30.5 Å². The Kier molecular flexibility index (Phi) is 5.09. The van der Waals surface area contributed by atoms with Crippen LogP contribution in [0, 0.1) is 0 Å². The molecule has 0 spiro atoms. The molecule has 2 N–H and O–H groups in total. The van der Waals surface area contributed by atoms with Gasteiger partial charge in [-0.05, 0) is 22.0 Å². The Balaban J connectivity index is 2.75. The fraction of sp³-hybridized carbons (Fsp3) is 0.400. The lowest BCUT2D eigenvalue weighted by molar-refractivity contribution is 0.0956. The fourth-order valence-electron chi connectivity index (χ4n) is 1.26. The van der Waals surface area contributed by atoms with Gasteiger partial charge in [-0.25, -0.2) is 13.4 Å². The van der Waals surface area contributed by atoms with Crippen molar-refractivity contribution in [3.8, 4) is 0 Å². The highest BCUT2D eigenvalue weighted by Gasteiger charge is 2.13. The molecule has 1 aromatic rings. The maximum Gasteiger partial charge on any atom is 0.255 e. The Morgan fingerprint density at radius 1 is 1.50 bits per heavy atom. The first-order valence-electron chi connectivity index (χ1n) is 5.12. The van der Waals surface area contributed by atoms with Crippen LogP contribution in [0.4, 0.5) is 5.82 Å². The van der Waals surface area contributed by atoms with Gasteiger partial charge in [-0.3, -0.25) is 4.79 Å². The minimum Gasteiger partial charge on any atom is -0.372 e. The largest absolute Gasteiger partial charge is 0.372 e. The zero-order valence-corrected chi connectivity index (χ0v) is 12.4. The van der Waals surface area contributed by atoms with Crippen molar-refractivity contribution in [2.75, 3.05) is 30.9 Å². The van der Waals surface area contributed by atoms with Gasteiger partial charge in [0.15, 0.2) is 0 Å². The second-order valence-electron chi connectivity index (χ2n) is 3.69. The number of aromatic nitrogens is 1. The van der Waals surface area contributed by atoms with E-state index in [1.165, 1.54) is 0 Å². The minimum atomic E-state index is -3.08. The van der Waals surface area contributed by atoms with Crippen molar-refractivity contribution in [2.24, 2.45) is 0 Å². The molecular formula is C10H14BrN3O3S. The standard InChI is InChI=1S/C10H14BrN3O3S/c1-12-9-8(5-7(11)6-14-9)10(15)13-3-4-18(2,16)17/h5-6H,3-4H2,1-2H3,(H,12,14)(H,13,15). The van der Waals surface area contributed by atoms with Crippen molar-refractivity contribution in [1.29, 1.82) is 0 Å². The second kappa shape index (κ2) is 6.14. The molecule has 0 aliphatic heterocycles. The van der Waals surface area contributed by atoms with Gasteiger partial charge in [0.05, 0.1) is 11.3 Å². The zero-order valence-electron chi connectivity index (χ0n) is 10.0. The molecular weight excluding hydrogens is 322 g/mol. The van der Waals surface area contributed by atoms with Crippen LogP contribution in [0.25, 0.3) is 0 Å². The monoisotopic (exact) mass is 335 g/mol. The molecule has 100 valence electrons. The normalized spacial score (nSPS) is 11.1. The lowest BCUT2D eigenvalue weighted by atomic mass is 10.2. The summed E-state index contributed by atoms with van der Waals surface area (Å²) >= 11 is 3.23. The molecule has 0 unspecified atom stereocenters. The first kappa shape index (κ1) is 14.9. The SMILES string of the molecule is CNc1ncc(Br)cc1C(=O)NCCS(C)(=O)=O. The van der Waals surface area contributed by atoms with E-state index in [1.807, 2.05) is 0 Å². The summed E-state index contributed by atoms with van der Waals surface area (Å²) in [5.74, 6) is -0.0124. The van der Waals surface area contributed by atoms with Crippen molar-refractivity contribution in [3.63, 3.8) is 0 Å². The Morgan fingerprint density at radius 2 is 2.17 bits per heavy atom. The Labute approximate surface area is 114 Å². The predicted octanol–water partition coefficient (Wildman–Crippen LogP) is 0.660. The summed E-state index contributed by atoms with van der Waals surface area (Å²) in [4.78, 5) is 15.9. The van der Waals surface area contributed by atoms with Crippen LogP contribution in [0.5, 0.6) is 0 Å². The molecule has 0 aromatic carbocycles. The number of rotatable bonds is 5. The number of sulfone groups is 1. The number of hydrogen-bond donors (Lipinski definition) is 2. The number of nitrogens with one attached hydrogen (secondary N) is 2. The number of halogens is 1. The second-order valence-corrected chi connectivity index (χ2v) is 6.86. The summed E-state index contributed by atoms with van der Waals surface area (Å²) in [7, 11) is -1.42. The molecule has 1 heterocycles. The van der Waals surface area contributed by atoms with E-state index in [0.717, 1.165) is 6.26 Å². The Hall–Kier alpha value is -1.15. The van der Waals surface area contributed by atoms with Gasteiger partial charge in [-0.15, -0.1) is 0 Å². The van der Waals surface area contributed by atoms with E-state index in [4.69, 9.17) is 0 Å². The van der Waals surface area contributed by atoms with Gasteiger partial charge >= 0.3 is 0 Å². The van der Waals surface area contributed by atoms with Crippen LogP contribution in [0.1, 0.15) is 10.4 Å². The molecule has 0 fully saturated rings. The zero-order chi connectivity index (χ0) is 13.8. The van der Waals surface area contributed by atoms with Gasteiger partial charge in [0.1, 0.15) is 15.7 Å². The Bertz CT molecular complexity index is 545. The van der Waals surface area contributed by atoms with Gasteiger partial charge in [-0.1, -0.05) is 0 Å². The molecule has 0 bridgehead atoms. The molecule has 6 nitrogen and oxygen atoms in total. The van der Waals surface area contributed by atoms with Crippen LogP contribution in [0.15, 0.2) is 16.7 Å². The number of nitrogens with zero attached hydrogens (tertiary/aromatic N) is 1. The molecule has 0 atom stereocenters. The molecule has 18 heavy (non-hydrogen) atoms. The molecule has 1 rings (SSSR count). The van der Waals surface area contributed by atoms with E-state index < -0.39 is 9.84 Å². The molecule has 0 radical (unpaired) electrons. The molecule has 0 saturated carbocycles. The minimum absolute atomic E-state index is 0.0767. The Morgan fingerprint density at radius 3 is 2.72 bits per heavy atom. The summed E-state index contributed by atoms with van der Waals surface area (Å²) in [6.45, 7) is 0.0767. The van der Waals surface area contributed by atoms with E-state index in [1.54, 1.807) is 19.3 Å². The number of amides is 1. The molecule has 1 amide bonds. The summed E-state index contributed by atoms with van der Waals surface area (Å²) in [6, 6.07) is 1.62. The average molecular weight is 336 g/mol. The van der Waals surface area contributed by atoms with Gasteiger partial charge in [-0.2, -0.15) is 0 Å². The fourth-order valence-corrected chi connectivity index (χ4v) is 2.06. The van der Waals surface area contributed by atoms with Gasteiger partial charge < -0.3 is 10.6 Å². The first-order chi connectivity index (χ1) is 8.33. The lowest BCUT2D eigenvalue weighted by Gasteiger charge is -2.09. The van der Waals surface area contributed by atoms with Crippen molar-refractivity contribution in [1.82, 2.24) is 10.3 Å². The predicted molar refractivity (Wildman–Crippen MR) is 73.5 cm³/mol. The number of anilines is 1. The molecule has 8 heteroatoms. The van der Waals surface area contributed by atoms with E-state index in [-0.39, 0.29) is 18.2 Å². The number of carbonyl (C=O) groups is 1. The third-order valence-electron chi connectivity index (χ3n) is 2.09. The maximum absolute atomic E-state index is 11.9. The smallest absolute Gasteiger partial charge is 0.255 e. The van der Waals surface area contributed by atoms with Crippen LogP contribution in [-0.2, 0) is 9.84 Å². The average Bonchev–Trinajstić information content (AvgIpc) is 2.27. The quantitative estimate of drug-likeness (QED) is 0.825. The highest BCUT2D eigenvalue weighted by atomic mass is 79.9. The third kappa shape index (κ3) is 4.61. The topological polar surface area (TPSA) is 88.2 Å². The van der Waals surface area contributed by atoms with Crippen molar-refractivity contribution >= 4 is 37.5 Å². The molecule has 1 aromatic heterocycles. The van der Waals surface area contributed by atoms with E-state index >= 15 is 0 Å². The molecule has 0 aliphatic carbocycles. The van der Waals surface area contributed by atoms with Crippen LogP contribution in [0.2, 0.25) is 0 Å². The van der Waals surface area contributed by atoms with Crippen LogP contribution < -0.4 is 10.6 Å². The van der Waals surface area contributed by atoms with E-state index in [9.17, 15) is 13.2 Å². The van der Waals surface area contributed by atoms with Crippen LogP contribution >= 0.6 is 15.9 Å². The van der Waals surface area contributed by atoms with Gasteiger partial charge in [0.2, 0.25) is 0 Å². The van der Waals surface area contributed by atoms with Crippen LogP contribution in [0.3, 0.4) is 0 Å².